The number of rotatable bonds is 8. The van der Waals surface area contributed by atoms with Crippen LogP contribution >= 0.6 is 0 Å². The van der Waals surface area contributed by atoms with Crippen LogP contribution in [0, 0.1) is 6.92 Å². The average Bonchev–Trinajstić information content (AvgIpc) is 3.37. The molecule has 1 amide bonds. The summed E-state index contributed by atoms with van der Waals surface area (Å²) in [5.41, 5.74) is 2.37. The van der Waals surface area contributed by atoms with Crippen molar-refractivity contribution >= 4 is 11.9 Å². The van der Waals surface area contributed by atoms with E-state index in [1.807, 2.05) is 19.1 Å². The van der Waals surface area contributed by atoms with Crippen LogP contribution in [0.1, 0.15) is 30.9 Å². The molecular weight excluding hydrogens is 304 g/mol. The van der Waals surface area contributed by atoms with Crippen LogP contribution in [0.5, 0.6) is 5.75 Å². The molecule has 0 unspecified atom stereocenters. The van der Waals surface area contributed by atoms with Gasteiger partial charge in [0.1, 0.15) is 12.3 Å². The number of nitrogens with zero attached hydrogens (tertiary/aromatic N) is 1. The Morgan fingerprint density at radius 1 is 1.33 bits per heavy atom. The van der Waals surface area contributed by atoms with Crippen LogP contribution in [0.3, 0.4) is 0 Å². The maximum atomic E-state index is 11.7. The summed E-state index contributed by atoms with van der Waals surface area (Å²) in [7, 11) is 1.69. The first-order valence-electron chi connectivity index (χ1n) is 8.57. The van der Waals surface area contributed by atoms with Crippen LogP contribution < -0.4 is 20.7 Å². The fraction of sp³-hybridized carbons (Fsp3) is 0.556. The molecule has 0 heterocycles. The Kier molecular flexibility index (Phi) is 6.90. The second-order valence-electron chi connectivity index (χ2n) is 6.03. The summed E-state index contributed by atoms with van der Waals surface area (Å²) in [4.78, 5) is 16.1. The van der Waals surface area contributed by atoms with Crippen molar-refractivity contribution in [3.63, 3.8) is 0 Å². The van der Waals surface area contributed by atoms with Gasteiger partial charge in [-0.2, -0.15) is 0 Å². The summed E-state index contributed by atoms with van der Waals surface area (Å²) >= 11 is 0. The van der Waals surface area contributed by atoms with E-state index in [-0.39, 0.29) is 12.5 Å². The quantitative estimate of drug-likeness (QED) is 0.497. The fourth-order valence-corrected chi connectivity index (χ4v) is 2.41. The van der Waals surface area contributed by atoms with Gasteiger partial charge in [-0.1, -0.05) is 17.7 Å². The molecule has 1 saturated carbocycles. The predicted octanol–water partition coefficient (Wildman–Crippen LogP) is 1.38. The number of nitrogens with one attached hydrogen (secondary N) is 3. The first-order chi connectivity index (χ1) is 11.6. The molecule has 6 heteroatoms. The third-order valence-corrected chi connectivity index (χ3v) is 3.79. The van der Waals surface area contributed by atoms with Crippen LogP contribution in [0.15, 0.2) is 23.2 Å². The van der Waals surface area contributed by atoms with Gasteiger partial charge in [-0.05, 0) is 44.7 Å². The Morgan fingerprint density at radius 3 is 2.79 bits per heavy atom. The van der Waals surface area contributed by atoms with Gasteiger partial charge in [0.05, 0.1) is 7.11 Å². The Hall–Kier alpha value is -2.24. The Morgan fingerprint density at radius 2 is 2.12 bits per heavy atom. The number of carbonyl (C=O) groups is 1. The van der Waals surface area contributed by atoms with Crippen LogP contribution in [-0.2, 0) is 11.2 Å². The van der Waals surface area contributed by atoms with Crippen molar-refractivity contribution in [2.45, 2.75) is 39.2 Å². The van der Waals surface area contributed by atoms with Gasteiger partial charge in [-0.15, -0.1) is 0 Å². The molecule has 1 aliphatic carbocycles. The van der Waals surface area contributed by atoms with Crippen molar-refractivity contribution < 1.29 is 9.53 Å². The molecule has 132 valence electrons. The van der Waals surface area contributed by atoms with Gasteiger partial charge in [-0.3, -0.25) is 4.79 Å². The zero-order valence-corrected chi connectivity index (χ0v) is 14.8. The number of ether oxygens (including phenoxy) is 1. The van der Waals surface area contributed by atoms with Crippen molar-refractivity contribution in [3.8, 4) is 5.75 Å². The average molecular weight is 332 g/mol. The highest BCUT2D eigenvalue weighted by molar-refractivity contribution is 5.85. The topological polar surface area (TPSA) is 74.8 Å². The smallest absolute Gasteiger partial charge is 0.242 e. The largest absolute Gasteiger partial charge is 0.496 e. The number of methoxy groups -OCH3 is 1. The molecule has 3 N–H and O–H groups in total. The van der Waals surface area contributed by atoms with Gasteiger partial charge in [-0.25, -0.2) is 4.99 Å². The molecule has 24 heavy (non-hydrogen) atoms. The highest BCUT2D eigenvalue weighted by Crippen LogP contribution is 2.19. The van der Waals surface area contributed by atoms with E-state index in [2.05, 4.69) is 33.9 Å². The van der Waals surface area contributed by atoms with Gasteiger partial charge < -0.3 is 20.7 Å². The van der Waals surface area contributed by atoms with E-state index in [9.17, 15) is 4.79 Å². The monoisotopic (exact) mass is 332 g/mol. The lowest BCUT2D eigenvalue weighted by molar-refractivity contribution is -0.119. The van der Waals surface area contributed by atoms with Gasteiger partial charge in [0.25, 0.3) is 0 Å². The minimum Gasteiger partial charge on any atom is -0.496 e. The van der Waals surface area contributed by atoms with E-state index in [0.717, 1.165) is 43.7 Å². The first kappa shape index (κ1) is 18.1. The van der Waals surface area contributed by atoms with E-state index in [1.165, 1.54) is 5.56 Å². The van der Waals surface area contributed by atoms with Gasteiger partial charge in [0.2, 0.25) is 5.91 Å². The summed E-state index contributed by atoms with van der Waals surface area (Å²) in [6.45, 7) is 5.70. The molecular formula is C18H28N4O2. The number of benzene rings is 1. The van der Waals surface area contributed by atoms with Crippen molar-refractivity contribution in [3.05, 3.63) is 29.3 Å². The fourth-order valence-electron chi connectivity index (χ4n) is 2.41. The van der Waals surface area contributed by atoms with Gasteiger partial charge in [0, 0.05) is 19.1 Å². The number of hydrogen-bond donors (Lipinski definition) is 3. The third kappa shape index (κ3) is 6.10. The molecule has 0 bridgehead atoms. The molecule has 1 aromatic rings. The number of amides is 1. The van der Waals surface area contributed by atoms with E-state index in [4.69, 9.17) is 4.74 Å². The summed E-state index contributed by atoms with van der Waals surface area (Å²) in [5, 5.41) is 9.36. The number of carbonyl (C=O) groups excluding carboxylic acids is 1. The maximum absolute atomic E-state index is 11.7. The molecule has 0 atom stereocenters. The number of hydrogen-bond acceptors (Lipinski definition) is 3. The summed E-state index contributed by atoms with van der Waals surface area (Å²) in [5.74, 6) is 1.54. The van der Waals surface area contributed by atoms with E-state index in [0.29, 0.717) is 12.0 Å². The zero-order chi connectivity index (χ0) is 17.4. The zero-order valence-electron chi connectivity index (χ0n) is 14.8. The summed E-state index contributed by atoms with van der Waals surface area (Å²) in [6, 6.07) is 6.54. The van der Waals surface area contributed by atoms with Crippen molar-refractivity contribution in [2.24, 2.45) is 4.99 Å². The van der Waals surface area contributed by atoms with Crippen molar-refractivity contribution in [1.82, 2.24) is 16.0 Å². The molecule has 0 aromatic heterocycles. The van der Waals surface area contributed by atoms with Crippen LogP contribution in [-0.4, -0.2) is 44.7 Å². The molecule has 0 aliphatic heterocycles. The Labute approximate surface area is 144 Å². The lowest BCUT2D eigenvalue weighted by atomic mass is 10.1. The lowest BCUT2D eigenvalue weighted by Crippen LogP contribution is -2.39. The summed E-state index contributed by atoms with van der Waals surface area (Å²) < 4.78 is 5.40. The minimum absolute atomic E-state index is 0.0185. The van der Waals surface area contributed by atoms with Gasteiger partial charge in [0.15, 0.2) is 5.96 Å². The molecule has 0 spiro atoms. The summed E-state index contributed by atoms with van der Waals surface area (Å²) in [6.07, 6.45) is 3.00. The molecule has 1 aromatic carbocycles. The first-order valence-corrected chi connectivity index (χ1v) is 8.57. The van der Waals surface area contributed by atoms with Crippen LogP contribution in [0.25, 0.3) is 0 Å². The van der Waals surface area contributed by atoms with Crippen LogP contribution in [0.2, 0.25) is 0 Å². The normalized spacial score (nSPS) is 14.2. The van der Waals surface area contributed by atoms with Crippen LogP contribution in [0.4, 0.5) is 0 Å². The van der Waals surface area contributed by atoms with Crippen molar-refractivity contribution in [2.75, 3.05) is 26.7 Å². The molecule has 6 nitrogen and oxygen atoms in total. The molecule has 2 rings (SSSR count). The molecule has 0 radical (unpaired) electrons. The highest BCUT2D eigenvalue weighted by Gasteiger charge is 2.22. The number of aryl methyl sites for hydroxylation is 1. The van der Waals surface area contributed by atoms with E-state index in [1.54, 1.807) is 7.11 Å². The predicted molar refractivity (Wildman–Crippen MR) is 96.6 cm³/mol. The standard InChI is InChI=1S/C18H28N4O2/c1-4-19-18(21-12-17(23)22-15-6-7-15)20-10-9-14-11-13(2)5-8-16(14)24-3/h5,8,11,15H,4,6-7,9-10,12H2,1-3H3,(H,22,23)(H2,19,20,21). The number of aliphatic imine (C=N–C) groups is 1. The lowest BCUT2D eigenvalue weighted by Gasteiger charge is -2.13. The van der Waals surface area contributed by atoms with Crippen molar-refractivity contribution in [1.29, 1.82) is 0 Å². The molecule has 0 saturated heterocycles. The Bertz CT molecular complexity index is 582. The maximum Gasteiger partial charge on any atom is 0.242 e. The third-order valence-electron chi connectivity index (χ3n) is 3.79. The molecule has 1 fully saturated rings. The minimum atomic E-state index is -0.0185. The van der Waals surface area contributed by atoms with Gasteiger partial charge >= 0.3 is 0 Å². The second-order valence-corrected chi connectivity index (χ2v) is 6.03. The second kappa shape index (κ2) is 9.15. The SMILES string of the molecule is CCNC(=NCC(=O)NC1CC1)NCCc1cc(C)ccc1OC. The number of guanidine groups is 1. The van der Waals surface area contributed by atoms with E-state index < -0.39 is 0 Å². The highest BCUT2D eigenvalue weighted by atomic mass is 16.5. The van der Waals surface area contributed by atoms with E-state index >= 15 is 0 Å². The molecule has 1 aliphatic rings. The Balaban J connectivity index is 1.84.